The molecule has 1 aliphatic rings. The molecular weight excluding hydrogens is 230 g/mol. The molecule has 2 rings (SSSR count). The second kappa shape index (κ2) is 5.87. The fourth-order valence-electron chi connectivity index (χ4n) is 2.51. The quantitative estimate of drug-likeness (QED) is 0.838. The van der Waals surface area contributed by atoms with Crippen molar-refractivity contribution in [2.75, 3.05) is 13.1 Å². The van der Waals surface area contributed by atoms with Crippen molar-refractivity contribution in [2.24, 2.45) is 5.92 Å². The number of phenolic OH excluding ortho intramolecular Hbond substituents is 1. The maximum absolute atomic E-state index is 10.5. The normalized spacial score (nSPS) is 20.1. The average molecular weight is 249 g/mol. The van der Waals surface area contributed by atoms with Crippen molar-refractivity contribution < 1.29 is 15.0 Å². The summed E-state index contributed by atoms with van der Waals surface area (Å²) in [6, 6.07) is 7.37. The van der Waals surface area contributed by atoms with Gasteiger partial charge in [0.15, 0.2) is 0 Å². The number of carboxylic acids is 1. The Kier molecular flexibility index (Phi) is 4.20. The van der Waals surface area contributed by atoms with E-state index in [2.05, 4.69) is 4.90 Å². The van der Waals surface area contributed by atoms with E-state index < -0.39 is 5.97 Å². The molecule has 4 heteroatoms. The van der Waals surface area contributed by atoms with Crippen LogP contribution in [-0.2, 0) is 11.3 Å². The summed E-state index contributed by atoms with van der Waals surface area (Å²) in [6.45, 7) is 2.66. The summed E-state index contributed by atoms with van der Waals surface area (Å²) in [4.78, 5) is 12.8. The van der Waals surface area contributed by atoms with Crippen molar-refractivity contribution in [1.82, 2.24) is 4.90 Å². The van der Waals surface area contributed by atoms with Gasteiger partial charge in [-0.2, -0.15) is 0 Å². The highest BCUT2D eigenvalue weighted by Gasteiger charge is 2.23. The van der Waals surface area contributed by atoms with Gasteiger partial charge in [0.05, 0.1) is 0 Å². The highest BCUT2D eigenvalue weighted by molar-refractivity contribution is 5.66. The lowest BCUT2D eigenvalue weighted by Crippen LogP contribution is -2.20. The van der Waals surface area contributed by atoms with E-state index in [-0.39, 0.29) is 6.42 Å². The van der Waals surface area contributed by atoms with Gasteiger partial charge in [-0.15, -0.1) is 0 Å². The zero-order chi connectivity index (χ0) is 13.0. The van der Waals surface area contributed by atoms with Crippen molar-refractivity contribution in [3.63, 3.8) is 0 Å². The first-order chi connectivity index (χ1) is 8.65. The highest BCUT2D eigenvalue weighted by Crippen LogP contribution is 2.25. The molecule has 0 radical (unpaired) electrons. The Labute approximate surface area is 107 Å². The molecule has 1 heterocycles. The lowest BCUT2D eigenvalue weighted by molar-refractivity contribution is -0.137. The van der Waals surface area contributed by atoms with Crippen molar-refractivity contribution in [3.05, 3.63) is 29.8 Å². The van der Waals surface area contributed by atoms with Gasteiger partial charge in [0.2, 0.25) is 0 Å². The Morgan fingerprint density at radius 1 is 1.39 bits per heavy atom. The maximum atomic E-state index is 10.5. The number of hydrogen-bond donors (Lipinski definition) is 2. The van der Waals surface area contributed by atoms with Crippen LogP contribution in [0.2, 0.25) is 0 Å². The second-order valence-corrected chi connectivity index (χ2v) is 4.95. The standard InChI is InChI=1S/C14H19NO3/c16-13-4-2-1-3-12(13)10-15-8-7-11(9-15)5-6-14(17)18/h1-4,11,16H,5-10H2,(H,17,18). The number of carbonyl (C=O) groups is 1. The molecule has 18 heavy (non-hydrogen) atoms. The summed E-state index contributed by atoms with van der Waals surface area (Å²) in [5.41, 5.74) is 0.941. The van der Waals surface area contributed by atoms with Gasteiger partial charge in [-0.1, -0.05) is 18.2 Å². The van der Waals surface area contributed by atoms with E-state index in [0.717, 1.165) is 38.0 Å². The van der Waals surface area contributed by atoms with Crippen LogP contribution in [0.15, 0.2) is 24.3 Å². The highest BCUT2D eigenvalue weighted by atomic mass is 16.4. The number of rotatable bonds is 5. The van der Waals surface area contributed by atoms with Gasteiger partial charge in [-0.25, -0.2) is 0 Å². The number of aromatic hydroxyl groups is 1. The first-order valence-corrected chi connectivity index (χ1v) is 6.36. The molecule has 0 aliphatic carbocycles. The van der Waals surface area contributed by atoms with E-state index in [4.69, 9.17) is 5.11 Å². The molecule has 0 saturated carbocycles. The zero-order valence-electron chi connectivity index (χ0n) is 10.4. The molecule has 1 unspecified atom stereocenters. The van der Waals surface area contributed by atoms with Crippen LogP contribution in [0.5, 0.6) is 5.75 Å². The molecule has 2 N–H and O–H groups in total. The average Bonchev–Trinajstić information content (AvgIpc) is 2.77. The first kappa shape index (κ1) is 12.9. The van der Waals surface area contributed by atoms with Gasteiger partial charge in [-0.3, -0.25) is 9.69 Å². The van der Waals surface area contributed by atoms with Crippen molar-refractivity contribution in [1.29, 1.82) is 0 Å². The molecule has 1 aromatic carbocycles. The molecule has 98 valence electrons. The van der Waals surface area contributed by atoms with Gasteiger partial charge in [-0.05, 0) is 31.4 Å². The fraction of sp³-hybridized carbons (Fsp3) is 0.500. The van der Waals surface area contributed by atoms with Crippen LogP contribution in [0.3, 0.4) is 0 Å². The number of para-hydroxylation sites is 1. The topological polar surface area (TPSA) is 60.8 Å². The number of aliphatic carboxylic acids is 1. The van der Waals surface area contributed by atoms with E-state index in [1.54, 1.807) is 6.07 Å². The van der Waals surface area contributed by atoms with Gasteiger partial charge < -0.3 is 10.2 Å². The monoisotopic (exact) mass is 249 g/mol. The third-order valence-electron chi connectivity index (χ3n) is 3.52. The van der Waals surface area contributed by atoms with Crippen LogP contribution >= 0.6 is 0 Å². The first-order valence-electron chi connectivity index (χ1n) is 6.36. The van der Waals surface area contributed by atoms with E-state index in [9.17, 15) is 9.90 Å². The Hall–Kier alpha value is -1.55. The lowest BCUT2D eigenvalue weighted by atomic mass is 10.0. The number of nitrogens with zero attached hydrogens (tertiary/aromatic N) is 1. The summed E-state index contributed by atoms with van der Waals surface area (Å²) >= 11 is 0. The van der Waals surface area contributed by atoms with Gasteiger partial charge in [0, 0.05) is 25.1 Å². The molecule has 1 aromatic rings. The minimum Gasteiger partial charge on any atom is -0.508 e. The van der Waals surface area contributed by atoms with Crippen LogP contribution in [0, 0.1) is 5.92 Å². The van der Waals surface area contributed by atoms with Crippen molar-refractivity contribution >= 4 is 5.97 Å². The maximum Gasteiger partial charge on any atom is 0.303 e. The van der Waals surface area contributed by atoms with Crippen LogP contribution in [0.4, 0.5) is 0 Å². The Morgan fingerprint density at radius 3 is 2.89 bits per heavy atom. The van der Waals surface area contributed by atoms with E-state index in [1.807, 2.05) is 18.2 Å². The minimum absolute atomic E-state index is 0.259. The predicted molar refractivity (Wildman–Crippen MR) is 68.4 cm³/mol. The second-order valence-electron chi connectivity index (χ2n) is 4.95. The number of benzene rings is 1. The van der Waals surface area contributed by atoms with Gasteiger partial charge >= 0.3 is 5.97 Å². The van der Waals surface area contributed by atoms with Crippen LogP contribution in [0.25, 0.3) is 0 Å². The van der Waals surface area contributed by atoms with E-state index in [1.165, 1.54) is 0 Å². The number of hydrogen-bond acceptors (Lipinski definition) is 3. The third kappa shape index (κ3) is 3.47. The largest absolute Gasteiger partial charge is 0.508 e. The Balaban J connectivity index is 1.83. The SMILES string of the molecule is O=C(O)CCC1CCN(Cc2ccccc2O)C1. The lowest BCUT2D eigenvalue weighted by Gasteiger charge is -2.16. The summed E-state index contributed by atoms with van der Waals surface area (Å²) in [5, 5.41) is 18.4. The zero-order valence-corrected chi connectivity index (χ0v) is 10.4. The van der Waals surface area contributed by atoms with Crippen LogP contribution in [0.1, 0.15) is 24.8 Å². The minimum atomic E-state index is -0.714. The molecule has 1 saturated heterocycles. The van der Waals surface area contributed by atoms with E-state index >= 15 is 0 Å². The molecule has 1 fully saturated rings. The smallest absolute Gasteiger partial charge is 0.303 e. The molecule has 0 amide bonds. The molecule has 1 aliphatic heterocycles. The molecule has 0 spiro atoms. The molecule has 0 aromatic heterocycles. The van der Waals surface area contributed by atoms with Crippen molar-refractivity contribution in [2.45, 2.75) is 25.8 Å². The Bertz CT molecular complexity index is 419. The van der Waals surface area contributed by atoms with Crippen LogP contribution < -0.4 is 0 Å². The summed E-state index contributed by atoms with van der Waals surface area (Å²) in [7, 11) is 0. The Morgan fingerprint density at radius 2 is 2.17 bits per heavy atom. The number of phenols is 1. The van der Waals surface area contributed by atoms with Gasteiger partial charge in [0.1, 0.15) is 5.75 Å². The molecule has 0 bridgehead atoms. The fourth-order valence-corrected chi connectivity index (χ4v) is 2.51. The predicted octanol–water partition coefficient (Wildman–Crippen LogP) is 2.08. The molecule has 4 nitrogen and oxygen atoms in total. The summed E-state index contributed by atoms with van der Waals surface area (Å²) < 4.78 is 0. The molecular formula is C14H19NO3. The molecule has 1 atom stereocenters. The van der Waals surface area contributed by atoms with Crippen LogP contribution in [-0.4, -0.2) is 34.2 Å². The van der Waals surface area contributed by atoms with E-state index in [0.29, 0.717) is 11.7 Å². The third-order valence-corrected chi connectivity index (χ3v) is 3.52. The van der Waals surface area contributed by atoms with Crippen molar-refractivity contribution in [3.8, 4) is 5.75 Å². The summed E-state index contributed by atoms with van der Waals surface area (Å²) in [6.07, 6.45) is 2.07. The number of carboxylic acid groups (broad SMARTS) is 1. The summed E-state index contributed by atoms with van der Waals surface area (Å²) in [5.74, 6) is 0.104. The number of likely N-dealkylation sites (tertiary alicyclic amines) is 1. The van der Waals surface area contributed by atoms with Gasteiger partial charge in [0.25, 0.3) is 0 Å².